The number of halogens is 3. The molecule has 0 aromatic carbocycles. The molecule has 1 saturated heterocycles. The number of alkyl halides is 3. The molecule has 2 fully saturated rings. The van der Waals surface area contributed by atoms with Gasteiger partial charge in [0.15, 0.2) is 0 Å². The van der Waals surface area contributed by atoms with Crippen LogP contribution in [0.4, 0.5) is 13.2 Å². The lowest BCUT2D eigenvalue weighted by Crippen LogP contribution is -2.53. The van der Waals surface area contributed by atoms with Gasteiger partial charge >= 0.3 is 6.18 Å². The molecule has 0 spiro atoms. The Balaban J connectivity index is 1.87. The molecule has 1 heterocycles. The van der Waals surface area contributed by atoms with Gasteiger partial charge < -0.3 is 5.32 Å². The summed E-state index contributed by atoms with van der Waals surface area (Å²) in [4.78, 5) is 13.7. The minimum Gasteiger partial charge on any atom is -0.337 e. The second kappa shape index (κ2) is 6.86. The first-order valence-electron chi connectivity index (χ1n) is 7.86. The summed E-state index contributed by atoms with van der Waals surface area (Å²) < 4.78 is 38.3. The van der Waals surface area contributed by atoms with Crippen LogP contribution in [0, 0.1) is 17.2 Å². The predicted molar refractivity (Wildman–Crippen MR) is 74.8 cm³/mol. The number of carbonyl (C=O) groups excluding carboxylic acids is 1. The number of rotatable bonds is 3. The molecule has 1 atom stereocenters. The van der Waals surface area contributed by atoms with E-state index in [0.717, 1.165) is 19.3 Å². The number of piperidine rings is 1. The zero-order valence-electron chi connectivity index (χ0n) is 12.6. The highest BCUT2D eigenvalue weighted by molar-refractivity contribution is 5.79. The maximum atomic E-state index is 12.8. The second-order valence-corrected chi connectivity index (χ2v) is 6.42. The van der Waals surface area contributed by atoms with Crippen LogP contribution in [0.2, 0.25) is 0 Å². The monoisotopic (exact) mass is 317 g/mol. The maximum absolute atomic E-state index is 12.8. The highest BCUT2D eigenvalue weighted by atomic mass is 19.4. The molecule has 22 heavy (non-hydrogen) atoms. The molecule has 1 amide bonds. The van der Waals surface area contributed by atoms with Crippen molar-refractivity contribution in [2.24, 2.45) is 5.92 Å². The van der Waals surface area contributed by atoms with Crippen molar-refractivity contribution in [2.45, 2.75) is 56.7 Å². The molecule has 0 radical (unpaired) electrons. The van der Waals surface area contributed by atoms with E-state index in [0.29, 0.717) is 25.8 Å². The predicted octanol–water partition coefficient (Wildman–Crippen LogP) is 2.60. The van der Waals surface area contributed by atoms with E-state index in [2.05, 4.69) is 11.4 Å². The Morgan fingerprint density at radius 1 is 1.27 bits per heavy atom. The molecule has 1 unspecified atom stereocenters. The zero-order valence-corrected chi connectivity index (χ0v) is 12.6. The normalized spacial score (nSPS) is 26.2. The highest BCUT2D eigenvalue weighted by Gasteiger charge is 2.42. The van der Waals surface area contributed by atoms with Gasteiger partial charge in [-0.05, 0) is 32.2 Å². The quantitative estimate of drug-likeness (QED) is 0.870. The Kier molecular flexibility index (Phi) is 5.32. The number of carbonyl (C=O) groups is 1. The number of likely N-dealkylation sites (tertiary alicyclic amines) is 1. The lowest BCUT2D eigenvalue weighted by Gasteiger charge is -2.35. The van der Waals surface area contributed by atoms with Crippen molar-refractivity contribution < 1.29 is 18.0 Å². The minimum atomic E-state index is -4.20. The standard InChI is InChI=1S/C15H22F3N3O/c16-15(17,18)12-5-4-8-21(9-12)10-13(22)20-14(11-19)6-2-1-3-7-14/h12H,1-10H2,(H,20,22). The van der Waals surface area contributed by atoms with E-state index in [1.54, 1.807) is 4.90 Å². The lowest BCUT2D eigenvalue weighted by molar-refractivity contribution is -0.187. The molecule has 1 saturated carbocycles. The molecule has 4 nitrogen and oxygen atoms in total. The van der Waals surface area contributed by atoms with E-state index in [1.807, 2.05) is 0 Å². The van der Waals surface area contributed by atoms with Crippen molar-refractivity contribution in [3.05, 3.63) is 0 Å². The fraction of sp³-hybridized carbons (Fsp3) is 0.867. The van der Waals surface area contributed by atoms with Crippen LogP contribution in [0.5, 0.6) is 0 Å². The summed E-state index contributed by atoms with van der Waals surface area (Å²) in [5.74, 6) is -1.69. The fourth-order valence-corrected chi connectivity index (χ4v) is 3.40. The average Bonchev–Trinajstić information content (AvgIpc) is 2.47. The Bertz CT molecular complexity index is 438. The van der Waals surface area contributed by atoms with Gasteiger partial charge in [0, 0.05) is 6.54 Å². The van der Waals surface area contributed by atoms with Gasteiger partial charge in [0.05, 0.1) is 18.5 Å². The van der Waals surface area contributed by atoms with Crippen LogP contribution in [-0.4, -0.2) is 42.2 Å². The van der Waals surface area contributed by atoms with Crippen LogP contribution in [0.1, 0.15) is 44.9 Å². The molecular formula is C15H22F3N3O. The second-order valence-electron chi connectivity index (χ2n) is 6.42. The molecule has 1 aliphatic heterocycles. The van der Waals surface area contributed by atoms with E-state index >= 15 is 0 Å². The summed E-state index contributed by atoms with van der Waals surface area (Å²) in [6, 6.07) is 2.19. The number of hydrogen-bond acceptors (Lipinski definition) is 3. The van der Waals surface area contributed by atoms with E-state index in [-0.39, 0.29) is 25.4 Å². The van der Waals surface area contributed by atoms with Gasteiger partial charge in [0.25, 0.3) is 0 Å². The van der Waals surface area contributed by atoms with Gasteiger partial charge in [0.2, 0.25) is 5.91 Å². The molecular weight excluding hydrogens is 295 g/mol. The maximum Gasteiger partial charge on any atom is 0.393 e. The van der Waals surface area contributed by atoms with E-state index < -0.39 is 17.6 Å². The molecule has 2 rings (SSSR count). The van der Waals surface area contributed by atoms with Gasteiger partial charge in [-0.3, -0.25) is 9.69 Å². The third-order valence-electron chi connectivity index (χ3n) is 4.64. The summed E-state index contributed by atoms with van der Waals surface area (Å²) in [6.45, 7) is 0.312. The van der Waals surface area contributed by atoms with Crippen molar-refractivity contribution in [3.8, 4) is 6.07 Å². The third-order valence-corrected chi connectivity index (χ3v) is 4.64. The smallest absolute Gasteiger partial charge is 0.337 e. The van der Waals surface area contributed by atoms with Gasteiger partial charge in [-0.15, -0.1) is 0 Å². The third kappa shape index (κ3) is 4.35. The summed E-state index contributed by atoms with van der Waals surface area (Å²) >= 11 is 0. The van der Waals surface area contributed by atoms with Crippen LogP contribution in [-0.2, 0) is 4.79 Å². The Morgan fingerprint density at radius 3 is 2.55 bits per heavy atom. The van der Waals surface area contributed by atoms with E-state index in [9.17, 15) is 23.2 Å². The SMILES string of the molecule is N#CC1(NC(=O)CN2CCCC(C(F)(F)F)C2)CCCCC1. The van der Waals surface area contributed by atoms with Crippen molar-refractivity contribution >= 4 is 5.91 Å². The summed E-state index contributed by atoms with van der Waals surface area (Å²) in [6.07, 6.45) is 0.470. The first kappa shape index (κ1) is 17.1. The molecule has 1 aliphatic carbocycles. The molecule has 124 valence electrons. The van der Waals surface area contributed by atoms with Gasteiger partial charge in [-0.25, -0.2) is 0 Å². The summed E-state index contributed by atoms with van der Waals surface area (Å²) in [7, 11) is 0. The minimum absolute atomic E-state index is 0.0595. The van der Waals surface area contributed by atoms with Crippen molar-refractivity contribution in [1.29, 1.82) is 5.26 Å². The Hall–Kier alpha value is -1.29. The molecule has 2 aliphatic rings. The number of nitrogens with one attached hydrogen (secondary N) is 1. The Labute approximate surface area is 128 Å². The van der Waals surface area contributed by atoms with Gasteiger partial charge in [0.1, 0.15) is 5.54 Å². The first-order chi connectivity index (χ1) is 10.3. The summed E-state index contributed by atoms with van der Waals surface area (Å²) in [5, 5.41) is 12.1. The van der Waals surface area contributed by atoms with E-state index in [4.69, 9.17) is 0 Å². The van der Waals surface area contributed by atoms with Crippen molar-refractivity contribution in [3.63, 3.8) is 0 Å². The molecule has 0 bridgehead atoms. The number of nitriles is 1. The van der Waals surface area contributed by atoms with Crippen LogP contribution in [0.3, 0.4) is 0 Å². The number of amides is 1. The topological polar surface area (TPSA) is 56.1 Å². The highest BCUT2D eigenvalue weighted by Crippen LogP contribution is 2.33. The van der Waals surface area contributed by atoms with Crippen LogP contribution in [0.15, 0.2) is 0 Å². The average molecular weight is 317 g/mol. The van der Waals surface area contributed by atoms with E-state index in [1.165, 1.54) is 0 Å². The molecule has 0 aromatic rings. The lowest BCUT2D eigenvalue weighted by atomic mass is 9.83. The molecule has 0 aromatic heterocycles. The van der Waals surface area contributed by atoms with Crippen molar-refractivity contribution in [2.75, 3.05) is 19.6 Å². The molecule has 1 N–H and O–H groups in total. The van der Waals surface area contributed by atoms with Crippen LogP contribution < -0.4 is 5.32 Å². The first-order valence-corrected chi connectivity index (χ1v) is 7.86. The van der Waals surface area contributed by atoms with Crippen LogP contribution in [0.25, 0.3) is 0 Å². The largest absolute Gasteiger partial charge is 0.393 e. The fourth-order valence-electron chi connectivity index (χ4n) is 3.40. The van der Waals surface area contributed by atoms with Gasteiger partial charge in [-0.1, -0.05) is 19.3 Å². The number of hydrogen-bond donors (Lipinski definition) is 1. The number of nitrogens with zero attached hydrogens (tertiary/aromatic N) is 2. The molecule has 7 heteroatoms. The van der Waals surface area contributed by atoms with Gasteiger partial charge in [-0.2, -0.15) is 18.4 Å². The van der Waals surface area contributed by atoms with Crippen LogP contribution >= 0.6 is 0 Å². The van der Waals surface area contributed by atoms with Crippen molar-refractivity contribution in [1.82, 2.24) is 10.2 Å². The summed E-state index contributed by atoms with van der Waals surface area (Å²) in [5.41, 5.74) is -0.825. The Morgan fingerprint density at radius 2 is 1.95 bits per heavy atom. The zero-order chi connectivity index (χ0) is 16.2.